The van der Waals surface area contributed by atoms with Gasteiger partial charge >= 0.3 is 48.3 Å². The molecule has 0 fully saturated rings. The third-order valence-electron chi connectivity index (χ3n) is 1.15. The Bertz CT molecular complexity index is 54.0. The topological polar surface area (TPSA) is 60.7 Å². The van der Waals surface area contributed by atoms with Crippen molar-refractivity contribution in [2.24, 2.45) is 0 Å². The molecule has 0 unspecified atom stereocenters. The molecule has 0 aliphatic rings. The van der Waals surface area contributed by atoms with E-state index in [-0.39, 0.29) is 19.0 Å². The van der Waals surface area contributed by atoms with E-state index in [1.54, 1.807) is 6.66 Å². The third-order valence-corrected chi connectivity index (χ3v) is 3.44. The van der Waals surface area contributed by atoms with E-state index in [0.717, 1.165) is 0 Å². The predicted octanol–water partition coefficient (Wildman–Crippen LogP) is -0.785. The quantitative estimate of drug-likeness (QED) is 0.450. The second kappa shape index (κ2) is 3.36. The predicted molar refractivity (Wildman–Crippen MR) is 35.5 cm³/mol. The molecule has 3 nitrogen and oxygen atoms in total. The van der Waals surface area contributed by atoms with Crippen molar-refractivity contribution < 1.29 is 15.3 Å². The van der Waals surface area contributed by atoms with Crippen LogP contribution in [0.1, 0.15) is 0 Å². The average Bonchev–Trinajstić information content (AvgIpc) is 1.87. The van der Waals surface area contributed by atoms with E-state index in [4.69, 9.17) is 15.3 Å². The van der Waals surface area contributed by atoms with Crippen molar-refractivity contribution in [1.29, 1.82) is 0 Å². The monoisotopic (exact) mass is 140 g/mol. The molecule has 0 aromatic rings. The molecule has 52 valence electrons. The maximum absolute atomic E-state index is 8.53. The van der Waals surface area contributed by atoms with Gasteiger partial charge < -0.3 is 0 Å². The van der Waals surface area contributed by atoms with Crippen LogP contribution >= 0.6 is 7.26 Å². The first-order valence-corrected chi connectivity index (χ1v) is 5.63. The Morgan fingerprint density at radius 2 is 1.25 bits per heavy atom. The van der Waals surface area contributed by atoms with Crippen molar-refractivity contribution >= 4 is 7.26 Å². The standard InChI is InChI=1S/C4H13O3P/c1-8(2-5,3-6)4-7/h5-8H,2-4H2,1H3. The van der Waals surface area contributed by atoms with Gasteiger partial charge in [0.05, 0.1) is 0 Å². The van der Waals surface area contributed by atoms with Crippen LogP contribution in [-0.4, -0.2) is 41.0 Å². The zero-order valence-electron chi connectivity index (χ0n) is 4.96. The maximum atomic E-state index is 8.53. The zero-order chi connectivity index (χ0) is 6.62. The molecule has 8 heavy (non-hydrogen) atoms. The molecule has 0 spiro atoms. The van der Waals surface area contributed by atoms with Crippen LogP contribution in [0.15, 0.2) is 0 Å². The van der Waals surface area contributed by atoms with E-state index in [1.807, 2.05) is 0 Å². The Morgan fingerprint density at radius 1 is 1.00 bits per heavy atom. The molecule has 3 N–H and O–H groups in total. The molecule has 0 heterocycles. The third kappa shape index (κ3) is 2.05. The molecule has 0 atom stereocenters. The van der Waals surface area contributed by atoms with E-state index in [2.05, 4.69) is 0 Å². The summed E-state index contributed by atoms with van der Waals surface area (Å²) in [5, 5.41) is 25.6. The molecule has 0 bridgehead atoms. The first-order chi connectivity index (χ1) is 3.68. The van der Waals surface area contributed by atoms with Gasteiger partial charge in [-0.1, -0.05) is 0 Å². The fourth-order valence-electron chi connectivity index (χ4n) is 0.150. The van der Waals surface area contributed by atoms with Crippen molar-refractivity contribution in [1.82, 2.24) is 0 Å². The van der Waals surface area contributed by atoms with Gasteiger partial charge in [0.1, 0.15) is 0 Å². The summed E-state index contributed by atoms with van der Waals surface area (Å²) in [7, 11) is -2.00. The van der Waals surface area contributed by atoms with Gasteiger partial charge in [-0.2, -0.15) is 0 Å². The van der Waals surface area contributed by atoms with E-state index in [0.29, 0.717) is 0 Å². The van der Waals surface area contributed by atoms with Gasteiger partial charge in [0.25, 0.3) is 0 Å². The number of rotatable bonds is 3. The van der Waals surface area contributed by atoms with E-state index < -0.39 is 7.26 Å². The summed E-state index contributed by atoms with van der Waals surface area (Å²) in [6, 6.07) is 0. The van der Waals surface area contributed by atoms with Crippen LogP contribution in [0.25, 0.3) is 0 Å². The van der Waals surface area contributed by atoms with Crippen LogP contribution in [-0.2, 0) is 0 Å². The Labute approximate surface area is 49.3 Å². The van der Waals surface area contributed by atoms with Gasteiger partial charge in [0, 0.05) is 0 Å². The van der Waals surface area contributed by atoms with Gasteiger partial charge in [0.15, 0.2) is 0 Å². The summed E-state index contributed by atoms with van der Waals surface area (Å²) in [5.74, 6) is 0. The molecular weight excluding hydrogens is 127 g/mol. The molecule has 0 aliphatic carbocycles. The summed E-state index contributed by atoms with van der Waals surface area (Å²) in [4.78, 5) is 0. The summed E-state index contributed by atoms with van der Waals surface area (Å²) in [6.07, 6.45) is -0.125. The van der Waals surface area contributed by atoms with Crippen LogP contribution in [0.3, 0.4) is 0 Å². The van der Waals surface area contributed by atoms with Crippen molar-refractivity contribution in [3.8, 4) is 0 Å². The molecule has 0 aliphatic heterocycles. The van der Waals surface area contributed by atoms with Crippen LogP contribution in [0.4, 0.5) is 0 Å². The minimum atomic E-state index is -2.00. The van der Waals surface area contributed by atoms with Crippen LogP contribution < -0.4 is 0 Å². The zero-order valence-corrected chi connectivity index (χ0v) is 5.96. The first-order valence-electron chi connectivity index (χ1n) is 2.51. The second-order valence-corrected chi connectivity index (χ2v) is 6.86. The van der Waals surface area contributed by atoms with Crippen LogP contribution in [0.5, 0.6) is 0 Å². The number of hydrogen-bond donors (Lipinski definition) is 3. The van der Waals surface area contributed by atoms with Crippen molar-refractivity contribution in [2.45, 2.75) is 0 Å². The Balaban J connectivity index is 3.58. The van der Waals surface area contributed by atoms with Gasteiger partial charge in [-0.25, -0.2) is 0 Å². The summed E-state index contributed by atoms with van der Waals surface area (Å²) >= 11 is 0. The first kappa shape index (κ1) is 8.31. The van der Waals surface area contributed by atoms with Gasteiger partial charge in [-0.3, -0.25) is 0 Å². The fourth-order valence-corrected chi connectivity index (χ4v) is 0.450. The molecule has 0 saturated heterocycles. The van der Waals surface area contributed by atoms with Gasteiger partial charge in [0.2, 0.25) is 0 Å². The minimum absolute atomic E-state index is 0.0417. The number of aliphatic hydroxyl groups excluding tert-OH is 3. The van der Waals surface area contributed by atoms with Crippen molar-refractivity contribution in [3.63, 3.8) is 0 Å². The second-order valence-electron chi connectivity index (χ2n) is 2.29. The summed E-state index contributed by atoms with van der Waals surface area (Å²) in [6.45, 7) is 1.74. The van der Waals surface area contributed by atoms with Crippen molar-refractivity contribution in [3.05, 3.63) is 0 Å². The normalized spacial score (nSPS) is 14.0. The van der Waals surface area contributed by atoms with Gasteiger partial charge in [-0.05, 0) is 0 Å². The Hall–Kier alpha value is 0.310. The number of hydrogen-bond acceptors (Lipinski definition) is 3. The average molecular weight is 140 g/mol. The summed E-state index contributed by atoms with van der Waals surface area (Å²) < 4.78 is 0. The number of aliphatic hydroxyl groups is 3. The van der Waals surface area contributed by atoms with Gasteiger partial charge in [-0.15, -0.1) is 0 Å². The van der Waals surface area contributed by atoms with Crippen molar-refractivity contribution in [2.75, 3.05) is 25.7 Å². The molecule has 0 radical (unpaired) electrons. The van der Waals surface area contributed by atoms with Crippen LogP contribution in [0, 0.1) is 0 Å². The van der Waals surface area contributed by atoms with E-state index >= 15 is 0 Å². The van der Waals surface area contributed by atoms with Crippen LogP contribution in [0.2, 0.25) is 0 Å². The van der Waals surface area contributed by atoms with E-state index in [9.17, 15) is 0 Å². The molecule has 0 amide bonds. The molecule has 0 rings (SSSR count). The van der Waals surface area contributed by atoms with E-state index in [1.165, 1.54) is 0 Å². The summed E-state index contributed by atoms with van der Waals surface area (Å²) in [5.41, 5.74) is 0. The molecule has 0 aromatic carbocycles. The molecular formula is C4H13O3P. The Morgan fingerprint density at radius 3 is 1.25 bits per heavy atom. The Kier molecular flexibility index (Phi) is 3.49. The molecule has 0 saturated carbocycles. The SMILES string of the molecule is C[PH](CO)(CO)CO. The molecule has 0 aromatic heterocycles. The fraction of sp³-hybridized carbons (Fsp3) is 1.00. The molecule has 4 heteroatoms.